The number of carbonyl (C=O) groups is 2. The molecule has 1 saturated heterocycles. The normalized spacial score (nSPS) is 16.2. The largest absolute Gasteiger partial charge is 0.494 e. The molecule has 1 atom stereocenters. The number of carbonyl (C=O) groups excluding carboxylic acids is 2. The lowest BCUT2D eigenvalue weighted by Crippen LogP contribution is -2.44. The zero-order chi connectivity index (χ0) is 20.6. The minimum absolute atomic E-state index is 0.157. The van der Waals surface area contributed by atoms with E-state index in [1.165, 1.54) is 0 Å². The van der Waals surface area contributed by atoms with Crippen LogP contribution in [0.1, 0.15) is 43.5 Å². The van der Waals surface area contributed by atoms with Gasteiger partial charge in [0.15, 0.2) is 6.61 Å². The number of benzene rings is 1. The van der Waals surface area contributed by atoms with Crippen molar-refractivity contribution in [1.29, 1.82) is 0 Å². The Bertz CT molecular complexity index is 838. The van der Waals surface area contributed by atoms with Gasteiger partial charge in [-0.1, -0.05) is 0 Å². The van der Waals surface area contributed by atoms with Crippen LogP contribution in [0.15, 0.2) is 42.6 Å². The predicted molar refractivity (Wildman–Crippen MR) is 110 cm³/mol. The first kappa shape index (κ1) is 20.6. The first-order valence-corrected chi connectivity index (χ1v) is 10.00. The maximum atomic E-state index is 12.6. The summed E-state index contributed by atoms with van der Waals surface area (Å²) >= 11 is 0. The quantitative estimate of drug-likeness (QED) is 0.716. The summed E-state index contributed by atoms with van der Waals surface area (Å²) in [4.78, 5) is 31.0. The third-order valence-electron chi connectivity index (χ3n) is 4.91. The third-order valence-corrected chi connectivity index (χ3v) is 4.91. The molecule has 1 aliphatic heterocycles. The topological polar surface area (TPSA) is 80.8 Å². The van der Waals surface area contributed by atoms with E-state index in [0.29, 0.717) is 12.4 Å². The summed E-state index contributed by atoms with van der Waals surface area (Å²) in [5.74, 6) is 0.407. The van der Waals surface area contributed by atoms with Crippen molar-refractivity contribution in [2.45, 2.75) is 39.2 Å². The van der Waals surface area contributed by atoms with E-state index in [9.17, 15) is 9.59 Å². The van der Waals surface area contributed by atoms with Crippen LogP contribution in [0.2, 0.25) is 0 Å². The number of ether oxygens (including phenoxy) is 2. The Morgan fingerprint density at radius 3 is 2.72 bits per heavy atom. The fraction of sp³-hybridized carbons (Fsp3) is 0.409. The molecule has 0 bridgehead atoms. The first-order valence-electron chi connectivity index (χ1n) is 10.00. The molecule has 1 fully saturated rings. The van der Waals surface area contributed by atoms with Gasteiger partial charge in [0.05, 0.1) is 6.61 Å². The number of aromatic nitrogens is 1. The molecule has 29 heavy (non-hydrogen) atoms. The van der Waals surface area contributed by atoms with Crippen LogP contribution in [0.5, 0.6) is 5.75 Å². The van der Waals surface area contributed by atoms with Crippen molar-refractivity contribution in [3.63, 3.8) is 0 Å². The standard InChI is InChI=1S/C22H27N3O4/c1-3-28-18-11-9-17(10-12-18)24-21-19(8-6-13-23-21)22(27)29-15-20(26)25-14-5-4-7-16(25)2/h6,8-13,16H,3-5,7,14-15H2,1-2H3,(H,23,24). The summed E-state index contributed by atoms with van der Waals surface area (Å²) < 4.78 is 10.7. The number of anilines is 2. The van der Waals surface area contributed by atoms with Gasteiger partial charge in [-0.25, -0.2) is 9.78 Å². The molecule has 0 radical (unpaired) electrons. The molecule has 1 N–H and O–H groups in total. The molecule has 1 amide bonds. The van der Waals surface area contributed by atoms with Crippen molar-refractivity contribution < 1.29 is 19.1 Å². The van der Waals surface area contributed by atoms with E-state index in [0.717, 1.165) is 37.2 Å². The van der Waals surface area contributed by atoms with Gasteiger partial charge in [-0.2, -0.15) is 0 Å². The van der Waals surface area contributed by atoms with Gasteiger partial charge in [0.25, 0.3) is 5.91 Å². The molecule has 7 nitrogen and oxygen atoms in total. The molecule has 1 unspecified atom stereocenters. The molecule has 3 rings (SSSR count). The summed E-state index contributed by atoms with van der Waals surface area (Å²) in [5, 5.41) is 3.12. The van der Waals surface area contributed by atoms with Crippen LogP contribution in [0, 0.1) is 0 Å². The molecule has 7 heteroatoms. The molecular weight excluding hydrogens is 370 g/mol. The number of likely N-dealkylation sites (tertiary alicyclic amines) is 1. The number of pyridine rings is 1. The second-order valence-corrected chi connectivity index (χ2v) is 6.99. The Hall–Kier alpha value is -3.09. The Kier molecular flexibility index (Phi) is 7.05. The minimum Gasteiger partial charge on any atom is -0.494 e. The zero-order valence-electron chi connectivity index (χ0n) is 16.9. The molecule has 2 aromatic rings. The number of hydrogen-bond acceptors (Lipinski definition) is 6. The number of amides is 1. The van der Waals surface area contributed by atoms with Crippen LogP contribution in [0.4, 0.5) is 11.5 Å². The maximum Gasteiger partial charge on any atom is 0.342 e. The molecule has 0 saturated carbocycles. The van der Waals surface area contributed by atoms with E-state index in [-0.39, 0.29) is 24.1 Å². The molecular formula is C22H27N3O4. The predicted octanol–water partition coefficient (Wildman–Crippen LogP) is 3.78. The van der Waals surface area contributed by atoms with Gasteiger partial charge in [-0.05, 0) is 69.5 Å². The van der Waals surface area contributed by atoms with E-state index in [4.69, 9.17) is 9.47 Å². The minimum atomic E-state index is -0.579. The van der Waals surface area contributed by atoms with Gasteiger partial charge in [0, 0.05) is 24.5 Å². The van der Waals surface area contributed by atoms with Gasteiger partial charge >= 0.3 is 5.97 Å². The van der Waals surface area contributed by atoms with Crippen LogP contribution in [0.25, 0.3) is 0 Å². The molecule has 1 aromatic carbocycles. The average Bonchev–Trinajstić information content (AvgIpc) is 2.74. The molecule has 1 aromatic heterocycles. The number of esters is 1. The van der Waals surface area contributed by atoms with Gasteiger partial charge in [0.2, 0.25) is 0 Å². The van der Waals surface area contributed by atoms with Crippen LogP contribution in [-0.2, 0) is 9.53 Å². The van der Waals surface area contributed by atoms with Crippen molar-refractivity contribution in [2.75, 3.05) is 25.1 Å². The molecule has 2 heterocycles. The summed E-state index contributed by atoms with van der Waals surface area (Å²) in [6.45, 7) is 5.00. The Balaban J connectivity index is 1.63. The summed E-state index contributed by atoms with van der Waals surface area (Å²) in [5.41, 5.74) is 1.04. The Labute approximate surface area is 171 Å². The fourth-order valence-corrected chi connectivity index (χ4v) is 3.36. The number of nitrogens with one attached hydrogen (secondary N) is 1. The lowest BCUT2D eigenvalue weighted by molar-refractivity contribution is -0.137. The average molecular weight is 397 g/mol. The van der Waals surface area contributed by atoms with Crippen molar-refractivity contribution >= 4 is 23.4 Å². The summed E-state index contributed by atoms with van der Waals surface area (Å²) in [6, 6.07) is 10.8. The third kappa shape index (κ3) is 5.47. The SMILES string of the molecule is CCOc1ccc(Nc2ncccc2C(=O)OCC(=O)N2CCCCC2C)cc1. The zero-order valence-corrected chi connectivity index (χ0v) is 16.9. The number of rotatable bonds is 7. The fourth-order valence-electron chi connectivity index (χ4n) is 3.36. The second kappa shape index (κ2) is 9.91. The van der Waals surface area contributed by atoms with Crippen molar-refractivity contribution in [3.8, 4) is 5.75 Å². The van der Waals surface area contributed by atoms with E-state index in [1.54, 1.807) is 23.2 Å². The van der Waals surface area contributed by atoms with Crippen molar-refractivity contribution in [3.05, 3.63) is 48.2 Å². The lowest BCUT2D eigenvalue weighted by atomic mass is 10.0. The van der Waals surface area contributed by atoms with Crippen LogP contribution >= 0.6 is 0 Å². The Morgan fingerprint density at radius 2 is 2.00 bits per heavy atom. The molecule has 0 spiro atoms. The lowest BCUT2D eigenvalue weighted by Gasteiger charge is -2.33. The van der Waals surface area contributed by atoms with E-state index in [2.05, 4.69) is 10.3 Å². The van der Waals surface area contributed by atoms with E-state index >= 15 is 0 Å². The molecule has 1 aliphatic rings. The van der Waals surface area contributed by atoms with Crippen LogP contribution in [0.3, 0.4) is 0 Å². The van der Waals surface area contributed by atoms with Crippen molar-refractivity contribution in [1.82, 2.24) is 9.88 Å². The number of hydrogen-bond donors (Lipinski definition) is 1. The van der Waals surface area contributed by atoms with Gasteiger partial charge in [0.1, 0.15) is 17.1 Å². The maximum absolute atomic E-state index is 12.6. The molecule has 0 aliphatic carbocycles. The Morgan fingerprint density at radius 1 is 1.21 bits per heavy atom. The van der Waals surface area contributed by atoms with Crippen LogP contribution < -0.4 is 10.1 Å². The van der Waals surface area contributed by atoms with E-state index < -0.39 is 5.97 Å². The smallest absolute Gasteiger partial charge is 0.342 e. The highest BCUT2D eigenvalue weighted by atomic mass is 16.5. The van der Waals surface area contributed by atoms with Gasteiger partial charge in [-0.3, -0.25) is 4.79 Å². The highest BCUT2D eigenvalue weighted by Gasteiger charge is 2.24. The number of piperidine rings is 1. The molecule has 154 valence electrons. The number of nitrogens with zero attached hydrogens (tertiary/aromatic N) is 2. The highest BCUT2D eigenvalue weighted by Crippen LogP contribution is 2.22. The highest BCUT2D eigenvalue weighted by molar-refractivity contribution is 5.96. The first-order chi connectivity index (χ1) is 14.1. The van der Waals surface area contributed by atoms with Gasteiger partial charge in [-0.15, -0.1) is 0 Å². The summed E-state index contributed by atoms with van der Waals surface area (Å²) in [6.07, 6.45) is 4.69. The van der Waals surface area contributed by atoms with Gasteiger partial charge < -0.3 is 19.7 Å². The monoisotopic (exact) mass is 397 g/mol. The van der Waals surface area contributed by atoms with Crippen LogP contribution in [-0.4, -0.2) is 47.6 Å². The van der Waals surface area contributed by atoms with Crippen molar-refractivity contribution in [2.24, 2.45) is 0 Å². The summed E-state index contributed by atoms with van der Waals surface area (Å²) in [7, 11) is 0. The van der Waals surface area contributed by atoms with E-state index in [1.807, 2.05) is 38.1 Å². The second-order valence-electron chi connectivity index (χ2n) is 6.99.